The average molecular weight is 224 g/mol. The Labute approximate surface area is 92.5 Å². The SMILES string of the molecule is Cn1cnnc1COc1ccc(Cl)cc1. The van der Waals surface area contributed by atoms with Crippen molar-refractivity contribution in [3.63, 3.8) is 0 Å². The van der Waals surface area contributed by atoms with Gasteiger partial charge in [-0.2, -0.15) is 0 Å². The molecule has 0 N–H and O–H groups in total. The van der Waals surface area contributed by atoms with Crippen LogP contribution in [0.5, 0.6) is 5.75 Å². The Morgan fingerprint density at radius 2 is 2.07 bits per heavy atom. The first-order valence-electron chi connectivity index (χ1n) is 4.47. The smallest absolute Gasteiger partial charge is 0.170 e. The van der Waals surface area contributed by atoms with Gasteiger partial charge in [0.25, 0.3) is 0 Å². The van der Waals surface area contributed by atoms with E-state index in [9.17, 15) is 0 Å². The van der Waals surface area contributed by atoms with Crippen LogP contribution in [0.4, 0.5) is 0 Å². The molecule has 0 bridgehead atoms. The highest BCUT2D eigenvalue weighted by molar-refractivity contribution is 6.30. The Morgan fingerprint density at radius 3 is 2.67 bits per heavy atom. The molecule has 78 valence electrons. The molecule has 0 aliphatic heterocycles. The van der Waals surface area contributed by atoms with Gasteiger partial charge in [0.2, 0.25) is 0 Å². The molecule has 0 saturated heterocycles. The molecule has 2 aromatic rings. The van der Waals surface area contributed by atoms with E-state index in [-0.39, 0.29) is 0 Å². The molecule has 2 rings (SSSR count). The van der Waals surface area contributed by atoms with Crippen molar-refractivity contribution in [2.45, 2.75) is 6.61 Å². The van der Waals surface area contributed by atoms with Gasteiger partial charge in [-0.25, -0.2) is 0 Å². The van der Waals surface area contributed by atoms with Gasteiger partial charge in [0, 0.05) is 12.1 Å². The third kappa shape index (κ3) is 2.47. The molecular formula is C10H10ClN3O. The fourth-order valence-corrected chi connectivity index (χ4v) is 1.24. The van der Waals surface area contributed by atoms with Gasteiger partial charge in [-0.05, 0) is 24.3 Å². The van der Waals surface area contributed by atoms with Gasteiger partial charge >= 0.3 is 0 Å². The lowest BCUT2D eigenvalue weighted by Gasteiger charge is -2.04. The molecule has 0 aliphatic rings. The highest BCUT2D eigenvalue weighted by atomic mass is 35.5. The number of rotatable bonds is 3. The summed E-state index contributed by atoms with van der Waals surface area (Å²) in [6.07, 6.45) is 1.64. The van der Waals surface area contributed by atoms with Crippen molar-refractivity contribution >= 4 is 11.6 Å². The Kier molecular flexibility index (Phi) is 2.87. The van der Waals surface area contributed by atoms with Crippen LogP contribution in [0.3, 0.4) is 0 Å². The van der Waals surface area contributed by atoms with Crippen LogP contribution in [-0.4, -0.2) is 14.8 Å². The van der Waals surface area contributed by atoms with Crippen molar-refractivity contribution in [1.82, 2.24) is 14.8 Å². The average Bonchev–Trinajstić information content (AvgIpc) is 2.63. The number of benzene rings is 1. The third-order valence-electron chi connectivity index (χ3n) is 1.99. The fraction of sp³-hybridized carbons (Fsp3) is 0.200. The minimum Gasteiger partial charge on any atom is -0.486 e. The second-order valence-electron chi connectivity index (χ2n) is 3.10. The molecule has 0 unspecified atom stereocenters. The maximum absolute atomic E-state index is 5.75. The van der Waals surface area contributed by atoms with Crippen molar-refractivity contribution in [2.24, 2.45) is 7.05 Å². The molecule has 0 radical (unpaired) electrons. The van der Waals surface area contributed by atoms with Crippen LogP contribution >= 0.6 is 11.6 Å². The first-order valence-corrected chi connectivity index (χ1v) is 4.85. The van der Waals surface area contributed by atoms with Gasteiger partial charge in [-0.15, -0.1) is 10.2 Å². The molecule has 1 aromatic heterocycles. The summed E-state index contributed by atoms with van der Waals surface area (Å²) in [4.78, 5) is 0. The molecule has 0 amide bonds. The number of ether oxygens (including phenoxy) is 1. The Morgan fingerprint density at radius 1 is 1.33 bits per heavy atom. The first-order chi connectivity index (χ1) is 7.25. The van der Waals surface area contributed by atoms with E-state index in [1.165, 1.54) is 0 Å². The Balaban J connectivity index is 1.99. The van der Waals surface area contributed by atoms with Crippen molar-refractivity contribution in [3.8, 4) is 5.75 Å². The topological polar surface area (TPSA) is 39.9 Å². The summed E-state index contributed by atoms with van der Waals surface area (Å²) in [7, 11) is 1.88. The molecule has 5 heteroatoms. The predicted molar refractivity (Wildman–Crippen MR) is 56.8 cm³/mol. The van der Waals surface area contributed by atoms with Crippen LogP contribution < -0.4 is 4.74 Å². The van der Waals surface area contributed by atoms with Crippen LogP contribution in [0, 0.1) is 0 Å². The van der Waals surface area contributed by atoms with Crippen LogP contribution in [0.25, 0.3) is 0 Å². The zero-order chi connectivity index (χ0) is 10.7. The zero-order valence-corrected chi connectivity index (χ0v) is 8.98. The van der Waals surface area contributed by atoms with Crippen LogP contribution in [0.1, 0.15) is 5.82 Å². The number of aromatic nitrogens is 3. The lowest BCUT2D eigenvalue weighted by molar-refractivity contribution is 0.291. The van der Waals surface area contributed by atoms with E-state index in [4.69, 9.17) is 16.3 Å². The van der Waals surface area contributed by atoms with Crippen LogP contribution in [-0.2, 0) is 13.7 Å². The van der Waals surface area contributed by atoms with Gasteiger partial charge in [0.05, 0.1) is 0 Å². The minimum atomic E-state index is 0.401. The maximum Gasteiger partial charge on any atom is 0.170 e. The third-order valence-corrected chi connectivity index (χ3v) is 2.24. The summed E-state index contributed by atoms with van der Waals surface area (Å²) in [6.45, 7) is 0.401. The largest absolute Gasteiger partial charge is 0.486 e. The van der Waals surface area contributed by atoms with Crippen molar-refractivity contribution < 1.29 is 4.74 Å². The second-order valence-corrected chi connectivity index (χ2v) is 3.54. The molecule has 0 saturated carbocycles. The quantitative estimate of drug-likeness (QED) is 0.800. The Hall–Kier alpha value is -1.55. The second kappa shape index (κ2) is 4.31. The fourth-order valence-electron chi connectivity index (χ4n) is 1.12. The molecule has 4 nitrogen and oxygen atoms in total. The van der Waals surface area contributed by atoms with E-state index in [1.807, 2.05) is 23.7 Å². The van der Waals surface area contributed by atoms with E-state index in [0.29, 0.717) is 11.6 Å². The highest BCUT2D eigenvalue weighted by Crippen LogP contribution is 2.16. The lowest BCUT2D eigenvalue weighted by atomic mass is 10.3. The highest BCUT2D eigenvalue weighted by Gasteiger charge is 2.01. The van der Waals surface area contributed by atoms with Crippen LogP contribution in [0.15, 0.2) is 30.6 Å². The van der Waals surface area contributed by atoms with Crippen molar-refractivity contribution in [2.75, 3.05) is 0 Å². The van der Waals surface area contributed by atoms with E-state index >= 15 is 0 Å². The van der Waals surface area contributed by atoms with Crippen molar-refractivity contribution in [3.05, 3.63) is 41.4 Å². The van der Waals surface area contributed by atoms with E-state index in [1.54, 1.807) is 18.5 Å². The summed E-state index contributed by atoms with van der Waals surface area (Å²) < 4.78 is 7.32. The van der Waals surface area contributed by atoms with Crippen molar-refractivity contribution in [1.29, 1.82) is 0 Å². The lowest BCUT2D eigenvalue weighted by Crippen LogP contribution is -2.02. The van der Waals surface area contributed by atoms with Gasteiger partial charge in [0.15, 0.2) is 5.82 Å². The summed E-state index contributed by atoms with van der Waals surface area (Å²) in [5.74, 6) is 1.55. The standard InChI is InChI=1S/C10H10ClN3O/c1-14-7-12-13-10(14)6-15-9-4-2-8(11)3-5-9/h2-5,7H,6H2,1H3. The molecule has 0 atom stereocenters. The maximum atomic E-state index is 5.75. The van der Waals surface area contributed by atoms with Gasteiger partial charge in [-0.1, -0.05) is 11.6 Å². The van der Waals surface area contributed by atoms with E-state index < -0.39 is 0 Å². The predicted octanol–water partition coefficient (Wildman–Crippen LogP) is 2.05. The number of hydrogen-bond donors (Lipinski definition) is 0. The number of hydrogen-bond acceptors (Lipinski definition) is 3. The first kappa shape index (κ1) is 9.98. The summed E-state index contributed by atoms with van der Waals surface area (Å²) in [5, 5.41) is 8.37. The van der Waals surface area contributed by atoms with E-state index in [2.05, 4.69) is 10.2 Å². The summed E-state index contributed by atoms with van der Waals surface area (Å²) in [6, 6.07) is 7.21. The zero-order valence-electron chi connectivity index (χ0n) is 8.22. The Bertz CT molecular complexity index is 438. The molecular weight excluding hydrogens is 214 g/mol. The minimum absolute atomic E-state index is 0.401. The molecule has 1 aromatic carbocycles. The number of aryl methyl sites for hydroxylation is 1. The van der Waals surface area contributed by atoms with Crippen LogP contribution in [0.2, 0.25) is 5.02 Å². The normalized spacial score (nSPS) is 10.3. The monoisotopic (exact) mass is 223 g/mol. The van der Waals surface area contributed by atoms with E-state index in [0.717, 1.165) is 11.6 Å². The molecule has 15 heavy (non-hydrogen) atoms. The molecule has 0 spiro atoms. The summed E-state index contributed by atoms with van der Waals surface area (Å²) in [5.41, 5.74) is 0. The van der Waals surface area contributed by atoms with Gasteiger partial charge < -0.3 is 9.30 Å². The molecule has 0 fully saturated rings. The molecule has 1 heterocycles. The molecule has 0 aliphatic carbocycles. The van der Waals surface area contributed by atoms with Gasteiger partial charge in [-0.3, -0.25) is 0 Å². The number of nitrogens with zero attached hydrogens (tertiary/aromatic N) is 3. The van der Waals surface area contributed by atoms with Gasteiger partial charge in [0.1, 0.15) is 18.7 Å². The summed E-state index contributed by atoms with van der Waals surface area (Å²) >= 11 is 5.75. The number of halogens is 1.